The smallest absolute Gasteiger partial charge is 0.264 e. The average molecular weight is 293 g/mol. The fourth-order valence-corrected chi connectivity index (χ4v) is 0. The zero-order valence-electron chi connectivity index (χ0n) is 2.44. The molecule has 0 saturated carbocycles. The van der Waals surface area contributed by atoms with Crippen LogP contribution in [0.3, 0.4) is 0 Å². The number of hydrogen-bond acceptors (Lipinski definition) is 2. The summed E-state index contributed by atoms with van der Waals surface area (Å²) in [4.78, 5) is 0. The summed E-state index contributed by atoms with van der Waals surface area (Å²) in [6.45, 7) is 0. The molecule has 0 rings (SSSR count). The summed E-state index contributed by atoms with van der Waals surface area (Å²) in [6.07, 6.45) is 0. The zero-order valence-corrected chi connectivity index (χ0v) is 5.52. The van der Waals surface area contributed by atoms with Gasteiger partial charge in [0.2, 0.25) is 0 Å². The molecule has 0 aliphatic rings. The van der Waals surface area contributed by atoms with Crippen LogP contribution in [0.15, 0.2) is 0 Å². The predicted octanol–water partition coefficient (Wildman–Crippen LogP) is -0.655. The van der Waals surface area contributed by atoms with Gasteiger partial charge in [-0.15, -0.1) is 0 Å². The van der Waals surface area contributed by atoms with Crippen LogP contribution in [0.2, 0.25) is 0 Å². The zero-order chi connectivity index (χ0) is 4.50. The molecule has 42 valence electrons. The van der Waals surface area contributed by atoms with Gasteiger partial charge in [0.05, 0.1) is 0 Å². The Bertz CT molecular complexity index is 90.7. The molecule has 0 heterocycles. The van der Waals surface area contributed by atoms with Crippen molar-refractivity contribution < 1.29 is 38.6 Å². The Morgan fingerprint density at radius 2 is 1.17 bits per heavy atom. The topological polar surface area (TPSA) is 74.6 Å². The van der Waals surface area contributed by atoms with Crippen LogP contribution in [0, 0.1) is 0 Å². The van der Waals surface area contributed by atoms with E-state index in [4.69, 9.17) is 17.5 Å². The average Bonchev–Trinajstić information content (AvgIpc) is 0.722. The van der Waals surface area contributed by atoms with Crippen molar-refractivity contribution in [2.75, 3.05) is 0 Å². The van der Waals surface area contributed by atoms with Crippen molar-refractivity contribution in [1.29, 1.82) is 0 Å². The molecule has 2 N–H and O–H groups in total. The van der Waals surface area contributed by atoms with Gasteiger partial charge in [0.1, 0.15) is 0 Å². The molecule has 0 bridgehead atoms. The molecule has 0 unspecified atom stereocenters. The third kappa shape index (κ3) is 185. The van der Waals surface area contributed by atoms with Crippen LogP contribution in [0.5, 0.6) is 0 Å². The molecule has 0 spiro atoms. The molecule has 0 atom stereocenters. The Morgan fingerprint density at radius 1 is 1.17 bits per heavy atom. The third-order valence-corrected chi connectivity index (χ3v) is 0. The van der Waals surface area contributed by atoms with Gasteiger partial charge < -0.3 is 0 Å². The van der Waals surface area contributed by atoms with E-state index in [9.17, 15) is 0 Å². The molecule has 0 aliphatic carbocycles. The van der Waals surface area contributed by atoms with Crippen molar-refractivity contribution in [1.82, 2.24) is 0 Å². The van der Waals surface area contributed by atoms with Gasteiger partial charge in [-0.25, -0.2) is 0 Å². The van der Waals surface area contributed by atoms with E-state index in [1.54, 1.807) is 0 Å². The van der Waals surface area contributed by atoms with Gasteiger partial charge >= 0.3 is 10.4 Å². The van der Waals surface area contributed by atoms with Crippen LogP contribution in [0.4, 0.5) is 0 Å². The van der Waals surface area contributed by atoms with E-state index in [2.05, 4.69) is 0 Å². The summed E-state index contributed by atoms with van der Waals surface area (Å²) in [5.41, 5.74) is 0. The summed E-state index contributed by atoms with van der Waals surface area (Å²) in [5.74, 6) is 0. The fraction of sp³-hybridized carbons (Fsp3) is 0. The molecule has 0 aliphatic heterocycles. The number of hydrogen-bond donors (Lipinski definition) is 2. The van der Waals surface area contributed by atoms with Crippen LogP contribution in [0.25, 0.3) is 0 Å². The van der Waals surface area contributed by atoms with Gasteiger partial charge in [0.15, 0.2) is 0 Å². The van der Waals surface area contributed by atoms with Crippen LogP contribution in [0.1, 0.15) is 0 Å². The Balaban J connectivity index is 0. The first kappa shape index (κ1) is 9.75. The molecule has 6 heteroatoms. The molecule has 0 radical (unpaired) electrons. The first-order chi connectivity index (χ1) is 2.00. The van der Waals surface area contributed by atoms with E-state index in [1.165, 1.54) is 0 Å². The second-order valence-electron chi connectivity index (χ2n) is 0.448. The fourth-order valence-electron chi connectivity index (χ4n) is 0. The van der Waals surface area contributed by atoms with E-state index in [-0.39, 0.29) is 21.1 Å². The minimum Gasteiger partial charge on any atom is -0.264 e. The van der Waals surface area contributed by atoms with E-state index in [0.29, 0.717) is 0 Å². The largest absolute Gasteiger partial charge is 0.394 e. The molecule has 0 fully saturated rings. The maximum absolute atomic E-state index is 8.74. The molecule has 6 heavy (non-hydrogen) atoms. The normalized spacial score (nSPS) is 9.67. The summed E-state index contributed by atoms with van der Waals surface area (Å²) in [5, 5.41) is 0. The van der Waals surface area contributed by atoms with E-state index in [1.807, 2.05) is 0 Å². The maximum atomic E-state index is 8.74. The van der Waals surface area contributed by atoms with Gasteiger partial charge in [-0.3, -0.25) is 9.11 Å². The summed E-state index contributed by atoms with van der Waals surface area (Å²) in [7, 11) is -4.67. The minimum absolute atomic E-state index is 0. The molecular weight excluding hydrogens is 291 g/mol. The van der Waals surface area contributed by atoms with Gasteiger partial charge in [0, 0.05) is 21.1 Å². The quantitative estimate of drug-likeness (QED) is 0.582. The second kappa shape index (κ2) is 2.69. The monoisotopic (exact) mass is 293 g/mol. The SMILES string of the molecule is O=S(=O)(O)O.[Pt]. The first-order valence-corrected chi connectivity index (χ1v) is 2.10. The molecule has 0 saturated heterocycles. The molecule has 0 amide bonds. The van der Waals surface area contributed by atoms with Crippen LogP contribution in [-0.2, 0) is 31.5 Å². The second-order valence-corrected chi connectivity index (χ2v) is 1.34. The summed E-state index contributed by atoms with van der Waals surface area (Å²) in [6, 6.07) is 0. The van der Waals surface area contributed by atoms with E-state index < -0.39 is 10.4 Å². The Kier molecular flexibility index (Phi) is 4.36. The standard InChI is InChI=1S/H2O4S.Pt/c1-5(2,3)4;/h(H2,1,2,3,4);. The van der Waals surface area contributed by atoms with Crippen molar-refractivity contribution in [3.05, 3.63) is 0 Å². The summed E-state index contributed by atoms with van der Waals surface area (Å²) >= 11 is 0. The van der Waals surface area contributed by atoms with Crippen molar-refractivity contribution in [3.8, 4) is 0 Å². The molecule has 0 aromatic heterocycles. The van der Waals surface area contributed by atoms with Crippen molar-refractivity contribution >= 4 is 10.4 Å². The van der Waals surface area contributed by atoms with Crippen molar-refractivity contribution in [3.63, 3.8) is 0 Å². The van der Waals surface area contributed by atoms with Gasteiger partial charge in [-0.1, -0.05) is 0 Å². The Labute approximate surface area is 49.4 Å². The van der Waals surface area contributed by atoms with Crippen LogP contribution < -0.4 is 0 Å². The van der Waals surface area contributed by atoms with Gasteiger partial charge in [-0.05, 0) is 0 Å². The van der Waals surface area contributed by atoms with Gasteiger partial charge in [-0.2, -0.15) is 8.42 Å². The maximum Gasteiger partial charge on any atom is 0.394 e. The minimum atomic E-state index is -4.67. The predicted molar refractivity (Wildman–Crippen MR) is 14.2 cm³/mol. The molecule has 0 aromatic carbocycles. The molecule has 4 nitrogen and oxygen atoms in total. The van der Waals surface area contributed by atoms with Crippen LogP contribution in [-0.4, -0.2) is 17.5 Å². The van der Waals surface area contributed by atoms with Crippen LogP contribution >= 0.6 is 0 Å². The van der Waals surface area contributed by atoms with Crippen molar-refractivity contribution in [2.24, 2.45) is 0 Å². The van der Waals surface area contributed by atoms with Crippen molar-refractivity contribution in [2.45, 2.75) is 0 Å². The Hall–Kier alpha value is 0.558. The van der Waals surface area contributed by atoms with Gasteiger partial charge in [0.25, 0.3) is 0 Å². The third-order valence-electron chi connectivity index (χ3n) is 0. The van der Waals surface area contributed by atoms with E-state index in [0.717, 1.165) is 0 Å². The summed E-state index contributed by atoms with van der Waals surface area (Å²) < 4.78 is 31.6. The first-order valence-electron chi connectivity index (χ1n) is 0.698. The molecular formula is H2O4PtS. The Morgan fingerprint density at radius 3 is 1.17 bits per heavy atom. The van der Waals surface area contributed by atoms with E-state index >= 15 is 0 Å². The number of rotatable bonds is 0. The molecule has 0 aromatic rings.